The van der Waals surface area contributed by atoms with Gasteiger partial charge in [-0.2, -0.15) is 0 Å². The van der Waals surface area contributed by atoms with E-state index in [0.29, 0.717) is 28.8 Å². The number of aliphatic hydroxyl groups excluding tert-OH is 1. The van der Waals surface area contributed by atoms with Gasteiger partial charge in [0.2, 0.25) is 0 Å². The fourth-order valence-corrected chi connectivity index (χ4v) is 2.76. The van der Waals surface area contributed by atoms with Gasteiger partial charge >= 0.3 is 0 Å². The Bertz CT molecular complexity index is 615. The number of hydrogen-bond donors (Lipinski definition) is 1. The van der Waals surface area contributed by atoms with Crippen molar-refractivity contribution in [1.82, 2.24) is 4.98 Å². The molecule has 1 aliphatic rings. The van der Waals surface area contributed by atoms with Gasteiger partial charge in [-0.25, -0.2) is 0 Å². The van der Waals surface area contributed by atoms with E-state index < -0.39 is 11.7 Å². The van der Waals surface area contributed by atoms with Gasteiger partial charge in [0, 0.05) is 12.6 Å². The van der Waals surface area contributed by atoms with Gasteiger partial charge in [0.15, 0.2) is 0 Å². The van der Waals surface area contributed by atoms with Crippen molar-refractivity contribution in [3.05, 3.63) is 63.9 Å². The van der Waals surface area contributed by atoms with Gasteiger partial charge in [-0.15, -0.1) is 0 Å². The fraction of sp³-hybridized carbons (Fsp3) is 0.267. The minimum atomic E-state index is -0.838. The summed E-state index contributed by atoms with van der Waals surface area (Å²) in [6.07, 6.45) is 1.53. The lowest BCUT2D eigenvalue weighted by molar-refractivity contribution is -0.216. The standard InChI is InChI=1S/C15H13Cl2NO2/c16-11-5-4-10(9-12(11)17)15(6-8-20-15)14(19)13-3-1-2-7-18-13/h1-5,7,9,14,19H,6,8H2/t14-,15-/m1/s1. The number of ether oxygens (including phenoxy) is 1. The molecule has 2 aromatic rings. The Labute approximate surface area is 127 Å². The molecule has 1 fully saturated rings. The van der Waals surface area contributed by atoms with Crippen LogP contribution in [-0.4, -0.2) is 16.7 Å². The van der Waals surface area contributed by atoms with Crippen molar-refractivity contribution in [1.29, 1.82) is 0 Å². The highest BCUT2D eigenvalue weighted by Gasteiger charge is 2.48. The van der Waals surface area contributed by atoms with E-state index in [9.17, 15) is 5.11 Å². The minimum Gasteiger partial charge on any atom is -0.383 e. The topological polar surface area (TPSA) is 42.4 Å². The van der Waals surface area contributed by atoms with Crippen molar-refractivity contribution < 1.29 is 9.84 Å². The van der Waals surface area contributed by atoms with Crippen LogP contribution in [0, 0.1) is 0 Å². The van der Waals surface area contributed by atoms with E-state index in [2.05, 4.69) is 4.98 Å². The van der Waals surface area contributed by atoms with Crippen LogP contribution in [0.25, 0.3) is 0 Å². The minimum absolute atomic E-state index is 0.451. The first kappa shape index (κ1) is 13.8. The van der Waals surface area contributed by atoms with Gasteiger partial charge in [0.1, 0.15) is 11.7 Å². The van der Waals surface area contributed by atoms with Crippen molar-refractivity contribution in [2.45, 2.75) is 18.1 Å². The number of aliphatic hydroxyl groups is 1. The van der Waals surface area contributed by atoms with Gasteiger partial charge in [0.05, 0.1) is 22.3 Å². The summed E-state index contributed by atoms with van der Waals surface area (Å²) >= 11 is 12.0. The third-order valence-electron chi connectivity index (χ3n) is 3.65. The van der Waals surface area contributed by atoms with E-state index in [1.165, 1.54) is 0 Å². The van der Waals surface area contributed by atoms with Crippen LogP contribution >= 0.6 is 23.2 Å². The van der Waals surface area contributed by atoms with Crippen LogP contribution < -0.4 is 0 Å². The first-order valence-electron chi connectivity index (χ1n) is 6.32. The van der Waals surface area contributed by atoms with Crippen LogP contribution in [0.3, 0.4) is 0 Å². The molecule has 0 aliphatic carbocycles. The number of rotatable bonds is 3. The fourth-order valence-electron chi connectivity index (χ4n) is 2.46. The molecule has 20 heavy (non-hydrogen) atoms. The lowest BCUT2D eigenvalue weighted by Gasteiger charge is -2.45. The molecule has 0 amide bonds. The highest BCUT2D eigenvalue weighted by Crippen LogP contribution is 2.47. The second-order valence-electron chi connectivity index (χ2n) is 4.77. The average molecular weight is 310 g/mol. The molecule has 1 aromatic carbocycles. The third-order valence-corrected chi connectivity index (χ3v) is 4.39. The SMILES string of the molecule is O[C@H](c1ccccn1)[C@]1(c2ccc(Cl)c(Cl)c2)CCO1. The zero-order valence-electron chi connectivity index (χ0n) is 10.6. The molecule has 3 rings (SSSR count). The normalized spacial score (nSPS) is 23.1. The Morgan fingerprint density at radius 2 is 2.00 bits per heavy atom. The van der Waals surface area contributed by atoms with Crippen molar-refractivity contribution in [2.75, 3.05) is 6.61 Å². The summed E-state index contributed by atoms with van der Waals surface area (Å²) in [4.78, 5) is 4.20. The Kier molecular flexibility index (Phi) is 3.69. The molecule has 1 aromatic heterocycles. The smallest absolute Gasteiger partial charge is 0.129 e. The molecule has 5 heteroatoms. The van der Waals surface area contributed by atoms with E-state index in [0.717, 1.165) is 5.56 Å². The number of pyridine rings is 1. The van der Waals surface area contributed by atoms with E-state index in [4.69, 9.17) is 27.9 Å². The predicted octanol–water partition coefficient (Wildman–Crippen LogP) is 3.74. The molecule has 0 bridgehead atoms. The molecule has 1 aliphatic heterocycles. The van der Waals surface area contributed by atoms with Gasteiger partial charge < -0.3 is 9.84 Å². The maximum atomic E-state index is 10.6. The number of benzene rings is 1. The van der Waals surface area contributed by atoms with E-state index in [1.807, 2.05) is 18.2 Å². The zero-order valence-corrected chi connectivity index (χ0v) is 12.1. The number of aromatic nitrogens is 1. The van der Waals surface area contributed by atoms with Crippen molar-refractivity contribution in [2.24, 2.45) is 0 Å². The summed E-state index contributed by atoms with van der Waals surface area (Å²) in [5.74, 6) is 0. The summed E-state index contributed by atoms with van der Waals surface area (Å²) in [6, 6.07) is 10.7. The van der Waals surface area contributed by atoms with Gasteiger partial charge in [0.25, 0.3) is 0 Å². The predicted molar refractivity (Wildman–Crippen MR) is 77.9 cm³/mol. The first-order valence-corrected chi connectivity index (χ1v) is 7.07. The Balaban J connectivity index is 2.01. The number of nitrogens with zero attached hydrogens (tertiary/aromatic N) is 1. The van der Waals surface area contributed by atoms with E-state index in [-0.39, 0.29) is 0 Å². The number of halogens is 2. The van der Waals surface area contributed by atoms with E-state index in [1.54, 1.807) is 24.4 Å². The summed E-state index contributed by atoms with van der Waals surface area (Å²) < 4.78 is 5.72. The quantitative estimate of drug-likeness (QED) is 0.939. The van der Waals surface area contributed by atoms with Crippen LogP contribution in [-0.2, 0) is 10.3 Å². The zero-order chi connectivity index (χ0) is 14.2. The lowest BCUT2D eigenvalue weighted by Crippen LogP contribution is -2.46. The first-order chi connectivity index (χ1) is 9.63. The summed E-state index contributed by atoms with van der Waals surface area (Å²) in [7, 11) is 0. The van der Waals surface area contributed by atoms with Crippen molar-refractivity contribution >= 4 is 23.2 Å². The largest absolute Gasteiger partial charge is 0.383 e. The number of hydrogen-bond acceptors (Lipinski definition) is 3. The van der Waals surface area contributed by atoms with Crippen LogP contribution in [0.15, 0.2) is 42.6 Å². The average Bonchev–Trinajstić information content (AvgIpc) is 2.42. The van der Waals surface area contributed by atoms with Crippen LogP contribution in [0.1, 0.15) is 23.8 Å². The van der Waals surface area contributed by atoms with Gasteiger partial charge in [-0.3, -0.25) is 4.98 Å². The summed E-state index contributed by atoms with van der Waals surface area (Å²) in [5.41, 5.74) is 0.609. The molecule has 0 saturated carbocycles. The molecular weight excluding hydrogens is 297 g/mol. The molecule has 1 saturated heterocycles. The van der Waals surface area contributed by atoms with Gasteiger partial charge in [-0.05, 0) is 29.8 Å². The molecule has 2 heterocycles. The second kappa shape index (κ2) is 5.34. The molecule has 1 N–H and O–H groups in total. The highest BCUT2D eigenvalue weighted by molar-refractivity contribution is 6.42. The molecule has 0 radical (unpaired) electrons. The van der Waals surface area contributed by atoms with Crippen molar-refractivity contribution in [3.63, 3.8) is 0 Å². The summed E-state index contributed by atoms with van der Waals surface area (Å²) in [6.45, 7) is 0.601. The van der Waals surface area contributed by atoms with Crippen LogP contribution in [0.5, 0.6) is 0 Å². The van der Waals surface area contributed by atoms with Crippen molar-refractivity contribution in [3.8, 4) is 0 Å². The molecule has 104 valence electrons. The molecule has 3 nitrogen and oxygen atoms in total. The van der Waals surface area contributed by atoms with Gasteiger partial charge in [-0.1, -0.05) is 35.3 Å². The highest BCUT2D eigenvalue weighted by atomic mass is 35.5. The molecule has 0 unspecified atom stereocenters. The Morgan fingerprint density at radius 3 is 2.55 bits per heavy atom. The molecular formula is C15H13Cl2NO2. The summed E-state index contributed by atoms with van der Waals surface area (Å²) in [5, 5.41) is 11.6. The van der Waals surface area contributed by atoms with E-state index >= 15 is 0 Å². The maximum Gasteiger partial charge on any atom is 0.129 e. The second-order valence-corrected chi connectivity index (χ2v) is 5.59. The lowest BCUT2D eigenvalue weighted by atomic mass is 9.80. The Hall–Kier alpha value is -1.13. The Morgan fingerprint density at radius 1 is 1.20 bits per heavy atom. The molecule has 2 atom stereocenters. The van der Waals surface area contributed by atoms with Crippen LogP contribution in [0.2, 0.25) is 10.0 Å². The maximum absolute atomic E-state index is 10.6. The third kappa shape index (κ3) is 2.21. The van der Waals surface area contributed by atoms with Crippen LogP contribution in [0.4, 0.5) is 0 Å². The monoisotopic (exact) mass is 309 g/mol. The molecule has 0 spiro atoms.